The summed E-state index contributed by atoms with van der Waals surface area (Å²) in [5.41, 5.74) is 10.8. The topological polar surface area (TPSA) is 113 Å². The van der Waals surface area contributed by atoms with Crippen molar-refractivity contribution >= 4 is 29.2 Å². The van der Waals surface area contributed by atoms with Crippen molar-refractivity contribution in [3.05, 3.63) is 21.4 Å². The number of urea groups is 1. The molecule has 1 heterocycles. The maximum Gasteiger partial charge on any atom is 0.312 e. The molecule has 1 aliphatic rings. The van der Waals surface area contributed by atoms with Crippen LogP contribution in [0.5, 0.6) is 0 Å². The summed E-state index contributed by atoms with van der Waals surface area (Å²) in [4.78, 5) is 36.4. The third kappa shape index (κ3) is 4.44. The van der Waals surface area contributed by atoms with Gasteiger partial charge in [-0.15, -0.1) is 11.3 Å². The molecule has 0 fully saturated rings. The van der Waals surface area contributed by atoms with E-state index < -0.39 is 18.0 Å². The minimum atomic E-state index is -0.824. The summed E-state index contributed by atoms with van der Waals surface area (Å²) in [6.07, 6.45) is 4.34. The molecule has 5 N–H and O–H groups in total. The van der Waals surface area contributed by atoms with Gasteiger partial charge in [0.25, 0.3) is 11.8 Å². The highest BCUT2D eigenvalue weighted by Crippen LogP contribution is 2.33. The number of aryl methyl sites for hydroxylation is 1. The average molecular weight is 338 g/mol. The monoisotopic (exact) mass is 338 g/mol. The van der Waals surface area contributed by atoms with Crippen LogP contribution in [0.1, 0.15) is 46.8 Å². The third-order valence-corrected chi connectivity index (χ3v) is 5.27. The van der Waals surface area contributed by atoms with Crippen LogP contribution in [-0.4, -0.2) is 23.9 Å². The zero-order valence-electron chi connectivity index (χ0n) is 13.3. The van der Waals surface area contributed by atoms with E-state index in [9.17, 15) is 14.4 Å². The first kappa shape index (κ1) is 17.3. The summed E-state index contributed by atoms with van der Waals surface area (Å²) < 4.78 is 0. The van der Waals surface area contributed by atoms with Gasteiger partial charge in [0.15, 0.2) is 0 Å². The molecule has 23 heavy (non-hydrogen) atoms. The second kappa shape index (κ2) is 7.45. The Hall–Kier alpha value is -2.09. The number of nitrogens with one attached hydrogen (secondary N) is 3. The van der Waals surface area contributed by atoms with Crippen molar-refractivity contribution in [1.29, 1.82) is 0 Å². The first-order valence-electron chi connectivity index (χ1n) is 7.68. The fraction of sp³-hybridized carbons (Fsp3) is 0.533. The predicted octanol–water partition coefficient (Wildman–Crippen LogP) is 1.08. The number of primary amides is 1. The molecule has 0 aromatic carbocycles. The lowest BCUT2D eigenvalue weighted by molar-refractivity contribution is -0.123. The van der Waals surface area contributed by atoms with Crippen LogP contribution in [0, 0.1) is 5.92 Å². The highest BCUT2D eigenvalue weighted by atomic mass is 32.1. The first-order valence-corrected chi connectivity index (χ1v) is 8.50. The quantitative estimate of drug-likeness (QED) is 0.616. The smallest absolute Gasteiger partial charge is 0.312 e. The van der Waals surface area contributed by atoms with Crippen molar-refractivity contribution < 1.29 is 14.4 Å². The number of nitrogens with two attached hydrogens (primary N) is 1. The minimum absolute atomic E-state index is 0.350. The molecule has 0 radical (unpaired) electrons. The molecule has 2 atom stereocenters. The molecular formula is C15H22N4O3S. The number of hydrazine groups is 1. The van der Waals surface area contributed by atoms with E-state index in [4.69, 9.17) is 5.73 Å². The van der Waals surface area contributed by atoms with Gasteiger partial charge in [-0.1, -0.05) is 13.3 Å². The van der Waals surface area contributed by atoms with Gasteiger partial charge in [-0.2, -0.15) is 0 Å². The van der Waals surface area contributed by atoms with E-state index in [2.05, 4.69) is 23.1 Å². The number of thiophene rings is 1. The maximum atomic E-state index is 12.1. The van der Waals surface area contributed by atoms with Crippen LogP contribution >= 0.6 is 11.3 Å². The summed E-state index contributed by atoms with van der Waals surface area (Å²) in [6.45, 7) is 3.66. The van der Waals surface area contributed by atoms with E-state index >= 15 is 0 Å². The number of fused-ring (bicyclic) bond motifs is 1. The van der Waals surface area contributed by atoms with Gasteiger partial charge in [0, 0.05) is 4.88 Å². The molecule has 0 aliphatic heterocycles. The molecule has 0 saturated carbocycles. The predicted molar refractivity (Wildman–Crippen MR) is 87.9 cm³/mol. The fourth-order valence-electron chi connectivity index (χ4n) is 2.63. The Labute approximate surface area is 139 Å². The third-order valence-electron chi connectivity index (χ3n) is 4.04. The number of hydrogen-bond acceptors (Lipinski definition) is 4. The van der Waals surface area contributed by atoms with Crippen molar-refractivity contribution in [2.24, 2.45) is 11.7 Å². The number of carbonyl (C=O) groups excluding carboxylic acids is 3. The molecule has 0 bridgehead atoms. The molecule has 8 heteroatoms. The Balaban J connectivity index is 1.91. The van der Waals surface area contributed by atoms with Gasteiger partial charge >= 0.3 is 6.03 Å². The van der Waals surface area contributed by atoms with Gasteiger partial charge < -0.3 is 11.1 Å². The van der Waals surface area contributed by atoms with Crippen molar-refractivity contribution in [2.45, 2.75) is 45.6 Å². The number of amides is 4. The van der Waals surface area contributed by atoms with Crippen LogP contribution < -0.4 is 21.9 Å². The molecule has 7 nitrogen and oxygen atoms in total. The van der Waals surface area contributed by atoms with Crippen molar-refractivity contribution in [1.82, 2.24) is 16.2 Å². The van der Waals surface area contributed by atoms with E-state index in [-0.39, 0.29) is 5.91 Å². The molecule has 1 aromatic heterocycles. The molecule has 0 unspecified atom stereocenters. The molecule has 0 spiro atoms. The second-order valence-electron chi connectivity index (χ2n) is 5.75. The van der Waals surface area contributed by atoms with Gasteiger partial charge in [0.1, 0.15) is 6.04 Å². The number of rotatable bonds is 4. The lowest BCUT2D eigenvalue weighted by atomic mass is 9.87. The van der Waals surface area contributed by atoms with Gasteiger partial charge in [-0.05, 0) is 43.7 Å². The SMILES string of the molecule is CC[C@H]1CCc2sc(C(=O)NNC(=O)[C@@H](C)NC(N)=O)cc2C1. The fourth-order valence-corrected chi connectivity index (χ4v) is 3.73. The summed E-state index contributed by atoms with van der Waals surface area (Å²) >= 11 is 1.47. The molecule has 1 aliphatic carbocycles. The minimum Gasteiger partial charge on any atom is -0.352 e. The average Bonchev–Trinajstić information content (AvgIpc) is 2.94. The van der Waals surface area contributed by atoms with Crippen LogP contribution in [0.2, 0.25) is 0 Å². The molecule has 126 valence electrons. The van der Waals surface area contributed by atoms with E-state index in [0.717, 1.165) is 25.7 Å². The van der Waals surface area contributed by atoms with E-state index in [0.29, 0.717) is 10.8 Å². The van der Waals surface area contributed by atoms with Crippen molar-refractivity contribution in [3.63, 3.8) is 0 Å². The van der Waals surface area contributed by atoms with Crippen LogP contribution in [0.4, 0.5) is 4.79 Å². The maximum absolute atomic E-state index is 12.1. The lowest BCUT2D eigenvalue weighted by Gasteiger charge is -2.19. The Kier molecular flexibility index (Phi) is 5.59. The van der Waals surface area contributed by atoms with Crippen molar-refractivity contribution in [2.75, 3.05) is 0 Å². The summed E-state index contributed by atoms with van der Waals surface area (Å²) in [7, 11) is 0. The van der Waals surface area contributed by atoms with Gasteiger partial charge in [0.05, 0.1) is 4.88 Å². The van der Waals surface area contributed by atoms with Crippen LogP contribution in [-0.2, 0) is 17.6 Å². The molecule has 4 amide bonds. The van der Waals surface area contributed by atoms with Gasteiger partial charge in [-0.3, -0.25) is 20.4 Å². The van der Waals surface area contributed by atoms with Crippen LogP contribution in [0.25, 0.3) is 0 Å². The van der Waals surface area contributed by atoms with E-state index in [1.807, 2.05) is 6.07 Å². The zero-order chi connectivity index (χ0) is 17.0. The molecule has 1 aromatic rings. The Morgan fingerprint density at radius 2 is 2.13 bits per heavy atom. The zero-order valence-corrected chi connectivity index (χ0v) is 14.1. The van der Waals surface area contributed by atoms with E-state index in [1.54, 1.807) is 0 Å². The van der Waals surface area contributed by atoms with E-state index in [1.165, 1.54) is 28.7 Å². The Bertz CT molecular complexity index is 614. The molecular weight excluding hydrogens is 316 g/mol. The Morgan fingerprint density at radius 1 is 1.39 bits per heavy atom. The first-order chi connectivity index (χ1) is 10.9. The highest BCUT2D eigenvalue weighted by molar-refractivity contribution is 7.14. The summed E-state index contributed by atoms with van der Waals surface area (Å²) in [5, 5.41) is 2.24. The van der Waals surface area contributed by atoms with Crippen LogP contribution in [0.15, 0.2) is 6.07 Å². The van der Waals surface area contributed by atoms with Gasteiger partial charge in [0.2, 0.25) is 0 Å². The number of carbonyl (C=O) groups is 3. The van der Waals surface area contributed by atoms with Crippen molar-refractivity contribution in [3.8, 4) is 0 Å². The highest BCUT2D eigenvalue weighted by Gasteiger charge is 2.22. The molecule has 2 rings (SSSR count). The summed E-state index contributed by atoms with van der Waals surface area (Å²) in [6, 6.07) is 0.291. The number of hydrogen-bond donors (Lipinski definition) is 4. The normalized spacial score (nSPS) is 17.7. The standard InChI is InChI=1S/C15H22N4O3S/c1-3-9-4-5-11-10(6-9)7-12(23-11)14(21)19-18-13(20)8(2)17-15(16)22/h7-9H,3-6H2,1-2H3,(H,18,20)(H,19,21)(H3,16,17,22)/t8-,9+/m1/s1. The second-order valence-corrected chi connectivity index (χ2v) is 6.89. The Morgan fingerprint density at radius 3 is 2.78 bits per heavy atom. The molecule has 0 saturated heterocycles. The lowest BCUT2D eigenvalue weighted by Crippen LogP contribution is -2.51. The van der Waals surface area contributed by atoms with Crippen LogP contribution in [0.3, 0.4) is 0 Å². The largest absolute Gasteiger partial charge is 0.352 e. The van der Waals surface area contributed by atoms with Gasteiger partial charge in [-0.25, -0.2) is 4.79 Å². The summed E-state index contributed by atoms with van der Waals surface area (Å²) in [5.74, 6) is -0.199.